The molecule has 2 N–H and O–H groups in total. The molecule has 0 aromatic carbocycles. The number of aromatic nitrogens is 2. The Hall–Kier alpha value is -1.43. The van der Waals surface area contributed by atoms with Crippen molar-refractivity contribution in [3.63, 3.8) is 0 Å². The van der Waals surface area contributed by atoms with Gasteiger partial charge in [0, 0.05) is 5.92 Å². The molecule has 16 heavy (non-hydrogen) atoms. The fourth-order valence-electron chi connectivity index (χ4n) is 1.26. The summed E-state index contributed by atoms with van der Waals surface area (Å²) in [6.45, 7) is 4.61. The topological polar surface area (TPSA) is 91.2 Å². The molecule has 0 aliphatic carbocycles. The van der Waals surface area contributed by atoms with Crippen LogP contribution in [0.2, 0.25) is 0 Å². The third kappa shape index (κ3) is 3.30. The number of carbonyl (C=O) groups excluding carboxylic acids is 1. The third-order valence-electron chi connectivity index (χ3n) is 2.16. The van der Waals surface area contributed by atoms with Gasteiger partial charge in [0.05, 0.1) is 6.61 Å². The molecule has 1 rings (SSSR count). The molecule has 0 bridgehead atoms. The number of hydrogen-bond acceptors (Lipinski definition) is 6. The molecule has 0 spiro atoms. The number of carbonyl (C=O) groups is 1. The first-order valence-corrected chi connectivity index (χ1v) is 5.39. The molecule has 0 aliphatic heterocycles. The molecule has 90 valence electrons. The first-order valence-electron chi connectivity index (χ1n) is 5.39. The highest BCUT2D eigenvalue weighted by Gasteiger charge is 2.18. The van der Waals surface area contributed by atoms with Gasteiger partial charge in [-0.25, -0.2) is 4.79 Å². The summed E-state index contributed by atoms with van der Waals surface area (Å²) in [5.41, 5.74) is 5.41. The normalized spacial score (nSPS) is 12.4. The molecule has 1 heterocycles. The SMILES string of the molecule is CCOC(=O)c1noc(C(C)CCCN)n1. The van der Waals surface area contributed by atoms with Crippen molar-refractivity contribution in [3.05, 3.63) is 11.7 Å². The molecule has 6 heteroatoms. The van der Waals surface area contributed by atoms with Crippen LogP contribution in [-0.4, -0.2) is 29.3 Å². The van der Waals surface area contributed by atoms with Crippen molar-refractivity contribution in [3.8, 4) is 0 Å². The lowest BCUT2D eigenvalue weighted by atomic mass is 10.1. The zero-order chi connectivity index (χ0) is 12.0. The van der Waals surface area contributed by atoms with Crippen LogP contribution < -0.4 is 5.73 Å². The lowest BCUT2D eigenvalue weighted by molar-refractivity contribution is 0.0508. The number of ether oxygens (including phenoxy) is 1. The number of nitrogens with zero attached hydrogens (tertiary/aromatic N) is 2. The summed E-state index contributed by atoms with van der Waals surface area (Å²) in [7, 11) is 0. The van der Waals surface area contributed by atoms with Gasteiger partial charge in [-0.1, -0.05) is 6.92 Å². The molecule has 1 atom stereocenters. The van der Waals surface area contributed by atoms with Crippen molar-refractivity contribution in [1.29, 1.82) is 0 Å². The highest BCUT2D eigenvalue weighted by molar-refractivity contribution is 5.84. The molecule has 0 radical (unpaired) electrons. The van der Waals surface area contributed by atoms with Gasteiger partial charge in [0.15, 0.2) is 0 Å². The van der Waals surface area contributed by atoms with E-state index < -0.39 is 5.97 Å². The number of esters is 1. The van der Waals surface area contributed by atoms with Crippen LogP contribution in [0.1, 0.15) is 49.1 Å². The van der Waals surface area contributed by atoms with E-state index in [0.717, 1.165) is 12.8 Å². The maximum atomic E-state index is 11.3. The molecule has 0 amide bonds. The standard InChI is InChI=1S/C10H17N3O3/c1-3-15-10(14)8-12-9(16-13-8)7(2)5-4-6-11/h7H,3-6,11H2,1-2H3. The Labute approximate surface area is 94.2 Å². The van der Waals surface area contributed by atoms with Crippen molar-refractivity contribution in [2.24, 2.45) is 5.73 Å². The van der Waals surface area contributed by atoms with Gasteiger partial charge in [-0.15, -0.1) is 0 Å². The van der Waals surface area contributed by atoms with Gasteiger partial charge in [-0.05, 0) is 31.5 Å². The Bertz CT molecular complexity index is 338. The average Bonchev–Trinajstić information content (AvgIpc) is 2.75. The van der Waals surface area contributed by atoms with Crippen LogP contribution in [-0.2, 0) is 4.74 Å². The zero-order valence-electron chi connectivity index (χ0n) is 9.60. The summed E-state index contributed by atoms with van der Waals surface area (Å²) in [4.78, 5) is 15.3. The summed E-state index contributed by atoms with van der Waals surface area (Å²) in [5.74, 6) is -0.00398. The van der Waals surface area contributed by atoms with E-state index in [9.17, 15) is 4.79 Å². The quantitative estimate of drug-likeness (QED) is 0.731. The van der Waals surface area contributed by atoms with E-state index in [0.29, 0.717) is 19.0 Å². The van der Waals surface area contributed by atoms with E-state index in [2.05, 4.69) is 10.1 Å². The summed E-state index contributed by atoms with van der Waals surface area (Å²) in [6, 6.07) is 0. The van der Waals surface area contributed by atoms with Crippen LogP contribution in [0, 0.1) is 0 Å². The van der Waals surface area contributed by atoms with Crippen molar-refractivity contribution in [1.82, 2.24) is 10.1 Å². The molecule has 0 aliphatic rings. The van der Waals surface area contributed by atoms with E-state index >= 15 is 0 Å². The first kappa shape index (κ1) is 12.6. The molecule has 0 saturated carbocycles. The largest absolute Gasteiger partial charge is 0.460 e. The third-order valence-corrected chi connectivity index (χ3v) is 2.16. The molecule has 0 saturated heterocycles. The molecule has 6 nitrogen and oxygen atoms in total. The highest BCUT2D eigenvalue weighted by atomic mass is 16.5. The monoisotopic (exact) mass is 227 g/mol. The van der Waals surface area contributed by atoms with E-state index in [-0.39, 0.29) is 11.7 Å². The van der Waals surface area contributed by atoms with Gasteiger partial charge in [0.1, 0.15) is 0 Å². The van der Waals surface area contributed by atoms with Gasteiger partial charge < -0.3 is 15.0 Å². The Balaban J connectivity index is 2.59. The fraction of sp³-hybridized carbons (Fsp3) is 0.700. The van der Waals surface area contributed by atoms with Gasteiger partial charge >= 0.3 is 5.97 Å². The lowest BCUT2D eigenvalue weighted by Gasteiger charge is -2.03. The maximum absolute atomic E-state index is 11.3. The molecule has 0 fully saturated rings. The van der Waals surface area contributed by atoms with Crippen LogP contribution in [0.4, 0.5) is 0 Å². The van der Waals surface area contributed by atoms with Crippen molar-refractivity contribution in [2.75, 3.05) is 13.2 Å². The average molecular weight is 227 g/mol. The second-order valence-corrected chi connectivity index (χ2v) is 3.51. The zero-order valence-corrected chi connectivity index (χ0v) is 9.60. The molecule has 1 unspecified atom stereocenters. The van der Waals surface area contributed by atoms with E-state index in [4.69, 9.17) is 15.0 Å². The minimum absolute atomic E-state index is 0.0172. The van der Waals surface area contributed by atoms with E-state index in [1.165, 1.54) is 0 Å². The van der Waals surface area contributed by atoms with Crippen LogP contribution in [0.3, 0.4) is 0 Å². The van der Waals surface area contributed by atoms with Crippen molar-refractivity contribution < 1.29 is 14.1 Å². The Morgan fingerprint density at radius 3 is 3.00 bits per heavy atom. The van der Waals surface area contributed by atoms with Gasteiger partial charge in [-0.3, -0.25) is 0 Å². The second-order valence-electron chi connectivity index (χ2n) is 3.51. The fourth-order valence-corrected chi connectivity index (χ4v) is 1.26. The summed E-state index contributed by atoms with van der Waals surface area (Å²) in [5, 5.41) is 3.57. The maximum Gasteiger partial charge on any atom is 0.379 e. The van der Waals surface area contributed by atoms with Crippen molar-refractivity contribution in [2.45, 2.75) is 32.6 Å². The Morgan fingerprint density at radius 1 is 1.62 bits per heavy atom. The first-order chi connectivity index (χ1) is 7.69. The highest BCUT2D eigenvalue weighted by Crippen LogP contribution is 2.18. The van der Waals surface area contributed by atoms with Crippen LogP contribution in [0.25, 0.3) is 0 Å². The summed E-state index contributed by atoms with van der Waals surface area (Å²) >= 11 is 0. The van der Waals surface area contributed by atoms with Crippen LogP contribution in [0.5, 0.6) is 0 Å². The van der Waals surface area contributed by atoms with Crippen molar-refractivity contribution >= 4 is 5.97 Å². The van der Waals surface area contributed by atoms with Crippen LogP contribution >= 0.6 is 0 Å². The number of hydrogen-bond donors (Lipinski definition) is 1. The van der Waals surface area contributed by atoms with E-state index in [1.807, 2.05) is 6.92 Å². The van der Waals surface area contributed by atoms with Gasteiger partial charge in [0.25, 0.3) is 5.82 Å². The van der Waals surface area contributed by atoms with E-state index in [1.54, 1.807) is 6.92 Å². The summed E-state index contributed by atoms with van der Waals surface area (Å²) in [6.07, 6.45) is 1.75. The molecule has 1 aromatic rings. The summed E-state index contributed by atoms with van der Waals surface area (Å²) < 4.78 is 9.75. The second kappa shape index (κ2) is 6.22. The van der Waals surface area contributed by atoms with Crippen LogP contribution in [0.15, 0.2) is 4.52 Å². The number of nitrogens with two attached hydrogens (primary N) is 1. The molecule has 1 aromatic heterocycles. The Morgan fingerprint density at radius 2 is 2.38 bits per heavy atom. The smallest absolute Gasteiger partial charge is 0.379 e. The minimum atomic E-state index is -0.552. The predicted octanol–water partition coefficient (Wildman–Crippen LogP) is 1.09. The molecular weight excluding hydrogens is 210 g/mol. The molecular formula is C10H17N3O3. The van der Waals surface area contributed by atoms with Gasteiger partial charge in [-0.2, -0.15) is 4.98 Å². The lowest BCUT2D eigenvalue weighted by Crippen LogP contribution is -2.07. The predicted molar refractivity (Wildman–Crippen MR) is 57.0 cm³/mol. The number of rotatable bonds is 6. The minimum Gasteiger partial charge on any atom is -0.460 e. The Kier molecular flexibility index (Phi) is 4.91. The van der Waals surface area contributed by atoms with Gasteiger partial charge in [0.2, 0.25) is 5.89 Å².